The summed E-state index contributed by atoms with van der Waals surface area (Å²) in [6.45, 7) is 4.08. The van der Waals surface area contributed by atoms with Gasteiger partial charge in [0.1, 0.15) is 0 Å². The first-order valence-corrected chi connectivity index (χ1v) is 7.61. The van der Waals surface area contributed by atoms with Crippen LogP contribution < -0.4 is 5.32 Å². The third-order valence-corrected chi connectivity index (χ3v) is 3.90. The zero-order valence-corrected chi connectivity index (χ0v) is 12.2. The highest BCUT2D eigenvalue weighted by Crippen LogP contribution is 2.19. The van der Waals surface area contributed by atoms with E-state index in [1.54, 1.807) is 0 Å². The van der Waals surface area contributed by atoms with Gasteiger partial charge >= 0.3 is 0 Å². The normalized spacial score (nSPS) is 14.7. The molecule has 1 saturated carbocycles. The Kier molecular flexibility index (Phi) is 4.16. The van der Waals surface area contributed by atoms with Gasteiger partial charge in [0.25, 0.3) is 0 Å². The minimum absolute atomic E-state index is 0.760. The fourth-order valence-corrected chi connectivity index (χ4v) is 2.48. The van der Waals surface area contributed by atoms with Crippen LogP contribution in [-0.4, -0.2) is 15.8 Å². The molecule has 1 aliphatic rings. The van der Waals surface area contributed by atoms with Crippen LogP contribution in [0.25, 0.3) is 0 Å². The van der Waals surface area contributed by atoms with Gasteiger partial charge in [-0.3, -0.25) is 4.68 Å². The molecule has 0 aliphatic heterocycles. The number of benzene rings is 1. The van der Waals surface area contributed by atoms with E-state index in [-0.39, 0.29) is 0 Å². The van der Waals surface area contributed by atoms with E-state index in [1.807, 2.05) is 0 Å². The second-order valence-corrected chi connectivity index (χ2v) is 5.75. The Hall–Kier alpha value is -1.61. The summed E-state index contributed by atoms with van der Waals surface area (Å²) in [5, 5.41) is 8.17. The van der Waals surface area contributed by atoms with Gasteiger partial charge in [-0.1, -0.05) is 30.3 Å². The van der Waals surface area contributed by atoms with E-state index in [1.165, 1.54) is 24.0 Å². The van der Waals surface area contributed by atoms with Crippen molar-refractivity contribution in [1.29, 1.82) is 0 Å². The van der Waals surface area contributed by atoms with E-state index >= 15 is 0 Å². The van der Waals surface area contributed by atoms with Crippen molar-refractivity contribution in [1.82, 2.24) is 15.1 Å². The molecule has 1 aliphatic carbocycles. The van der Waals surface area contributed by atoms with Crippen LogP contribution in [0.1, 0.15) is 36.1 Å². The molecule has 1 fully saturated rings. The number of hydrogen-bond acceptors (Lipinski definition) is 2. The molecule has 1 aromatic heterocycles. The molecule has 0 saturated heterocycles. The number of aryl methyl sites for hydroxylation is 3. The minimum atomic E-state index is 0.760. The van der Waals surface area contributed by atoms with Gasteiger partial charge in [0, 0.05) is 30.9 Å². The van der Waals surface area contributed by atoms with Gasteiger partial charge in [0.05, 0.1) is 5.69 Å². The van der Waals surface area contributed by atoms with Crippen LogP contribution in [0.15, 0.2) is 36.5 Å². The summed E-state index contributed by atoms with van der Waals surface area (Å²) < 4.78 is 2.10. The zero-order chi connectivity index (χ0) is 13.8. The maximum absolute atomic E-state index is 4.62. The van der Waals surface area contributed by atoms with E-state index in [9.17, 15) is 0 Å². The molecule has 3 rings (SSSR count). The van der Waals surface area contributed by atoms with Crippen molar-refractivity contribution in [2.75, 3.05) is 0 Å². The summed E-state index contributed by atoms with van der Waals surface area (Å²) in [4.78, 5) is 0. The highest BCUT2D eigenvalue weighted by Gasteiger charge is 2.20. The lowest BCUT2D eigenvalue weighted by atomic mass is 10.1. The van der Waals surface area contributed by atoms with Crippen LogP contribution in [0.4, 0.5) is 0 Å². The van der Waals surface area contributed by atoms with Gasteiger partial charge in [-0.05, 0) is 38.2 Å². The van der Waals surface area contributed by atoms with Gasteiger partial charge in [-0.15, -0.1) is 0 Å². The highest BCUT2D eigenvalue weighted by atomic mass is 15.3. The van der Waals surface area contributed by atoms with Crippen molar-refractivity contribution in [2.45, 2.75) is 51.7 Å². The van der Waals surface area contributed by atoms with Gasteiger partial charge in [0.15, 0.2) is 0 Å². The average molecular weight is 269 g/mol. The second kappa shape index (κ2) is 6.23. The Bertz CT molecular complexity index is 541. The molecule has 0 spiro atoms. The van der Waals surface area contributed by atoms with Crippen LogP contribution >= 0.6 is 0 Å². The van der Waals surface area contributed by atoms with Crippen molar-refractivity contribution in [3.63, 3.8) is 0 Å². The Morgan fingerprint density at radius 3 is 2.80 bits per heavy atom. The van der Waals surface area contributed by atoms with Gasteiger partial charge in [-0.25, -0.2) is 0 Å². The number of hydrogen-bond donors (Lipinski definition) is 1. The maximum Gasteiger partial charge on any atom is 0.0638 e. The average Bonchev–Trinajstić information content (AvgIpc) is 3.22. The Labute approximate surface area is 121 Å². The van der Waals surface area contributed by atoms with E-state index in [0.717, 1.165) is 37.7 Å². The third kappa shape index (κ3) is 3.70. The highest BCUT2D eigenvalue weighted by molar-refractivity contribution is 5.16. The molecule has 0 radical (unpaired) electrons. The van der Waals surface area contributed by atoms with Gasteiger partial charge in [-0.2, -0.15) is 5.10 Å². The lowest BCUT2D eigenvalue weighted by molar-refractivity contribution is 0.574. The summed E-state index contributed by atoms with van der Waals surface area (Å²) in [6.07, 6.45) is 7.14. The van der Waals surface area contributed by atoms with Crippen molar-refractivity contribution >= 4 is 0 Å². The Balaban J connectivity index is 1.48. The summed E-state index contributed by atoms with van der Waals surface area (Å²) in [5.41, 5.74) is 3.92. The van der Waals surface area contributed by atoms with Crippen LogP contribution in [0.2, 0.25) is 0 Å². The predicted octanol–water partition coefficient (Wildman–Crippen LogP) is 3.08. The maximum atomic E-state index is 4.62. The fourth-order valence-electron chi connectivity index (χ4n) is 2.48. The van der Waals surface area contributed by atoms with Crippen molar-refractivity contribution < 1.29 is 0 Å². The van der Waals surface area contributed by atoms with E-state index in [2.05, 4.69) is 58.5 Å². The first-order chi connectivity index (χ1) is 9.81. The fraction of sp³-hybridized carbons (Fsp3) is 0.471. The quantitative estimate of drug-likeness (QED) is 0.837. The molecule has 3 nitrogen and oxygen atoms in total. The minimum Gasteiger partial charge on any atom is -0.310 e. The predicted molar refractivity (Wildman–Crippen MR) is 81.6 cm³/mol. The van der Waals surface area contributed by atoms with Crippen molar-refractivity contribution in [3.8, 4) is 0 Å². The lowest BCUT2D eigenvalue weighted by Gasteiger charge is -2.02. The Morgan fingerprint density at radius 1 is 1.25 bits per heavy atom. The summed E-state index contributed by atoms with van der Waals surface area (Å²) in [7, 11) is 0. The molecule has 20 heavy (non-hydrogen) atoms. The number of nitrogens with one attached hydrogen (secondary N) is 1. The first-order valence-electron chi connectivity index (χ1n) is 7.61. The van der Waals surface area contributed by atoms with Crippen LogP contribution in [-0.2, 0) is 19.5 Å². The lowest BCUT2D eigenvalue weighted by Crippen LogP contribution is -2.15. The number of rotatable bonds is 7. The molecular formula is C17H23N3. The standard InChI is InChI=1S/C17H23N3/c1-14-16(12-18-17-9-10-17)13-20(19-14)11-5-8-15-6-3-2-4-7-15/h2-4,6-7,13,17-18H,5,8-12H2,1H3. The molecule has 1 aromatic carbocycles. The third-order valence-electron chi connectivity index (χ3n) is 3.90. The van der Waals surface area contributed by atoms with Crippen LogP contribution in [0, 0.1) is 6.92 Å². The molecule has 1 heterocycles. The topological polar surface area (TPSA) is 29.9 Å². The molecule has 0 unspecified atom stereocenters. The second-order valence-electron chi connectivity index (χ2n) is 5.75. The van der Waals surface area contributed by atoms with Crippen LogP contribution in [0.3, 0.4) is 0 Å². The monoisotopic (exact) mass is 269 g/mol. The van der Waals surface area contributed by atoms with E-state index < -0.39 is 0 Å². The molecular weight excluding hydrogens is 246 g/mol. The molecule has 0 atom stereocenters. The van der Waals surface area contributed by atoms with E-state index in [0.29, 0.717) is 0 Å². The van der Waals surface area contributed by atoms with Gasteiger partial charge < -0.3 is 5.32 Å². The molecule has 0 amide bonds. The summed E-state index contributed by atoms with van der Waals surface area (Å²) >= 11 is 0. The molecule has 0 bridgehead atoms. The SMILES string of the molecule is Cc1nn(CCCc2ccccc2)cc1CNC1CC1. The summed E-state index contributed by atoms with van der Waals surface area (Å²) in [6, 6.07) is 11.4. The molecule has 106 valence electrons. The van der Waals surface area contributed by atoms with Crippen molar-refractivity contribution in [3.05, 3.63) is 53.3 Å². The molecule has 2 aromatic rings. The van der Waals surface area contributed by atoms with Gasteiger partial charge in [0.2, 0.25) is 0 Å². The van der Waals surface area contributed by atoms with E-state index in [4.69, 9.17) is 0 Å². The van der Waals surface area contributed by atoms with Crippen molar-refractivity contribution in [2.24, 2.45) is 0 Å². The Morgan fingerprint density at radius 2 is 2.05 bits per heavy atom. The molecule has 3 heteroatoms. The number of aromatic nitrogens is 2. The van der Waals surface area contributed by atoms with Crippen LogP contribution in [0.5, 0.6) is 0 Å². The zero-order valence-electron chi connectivity index (χ0n) is 12.2. The number of nitrogens with zero attached hydrogens (tertiary/aromatic N) is 2. The molecule has 1 N–H and O–H groups in total. The summed E-state index contributed by atoms with van der Waals surface area (Å²) in [5.74, 6) is 0. The largest absolute Gasteiger partial charge is 0.310 e. The first kappa shape index (κ1) is 13.4. The smallest absolute Gasteiger partial charge is 0.0638 e.